The van der Waals surface area contributed by atoms with E-state index in [0.29, 0.717) is 0 Å². The minimum Gasteiger partial charge on any atom is -0.481 e. The van der Waals surface area contributed by atoms with E-state index in [9.17, 15) is 39.0 Å². The Bertz CT molecular complexity index is 832. The van der Waals surface area contributed by atoms with Crippen LogP contribution in [0, 0.1) is 0 Å². The molecule has 14 N–H and O–H groups in total. The van der Waals surface area contributed by atoms with Gasteiger partial charge in [-0.25, -0.2) is 4.79 Å². The number of nitrogens with two attached hydrogens (primary N) is 4. The molecule has 0 heterocycles. The summed E-state index contributed by atoms with van der Waals surface area (Å²) in [5, 5.41) is 34.2. The number of aliphatic hydroxyl groups is 1. The SMILES string of the molecule is NC(=O)CCC(N)C(=O)NC(CO)C(=O)NC(CCCN=C(N)N)C(=O)NC(CCC(=O)O)C(=O)O. The molecule has 0 aromatic carbocycles. The van der Waals surface area contributed by atoms with Gasteiger partial charge in [0.25, 0.3) is 0 Å². The van der Waals surface area contributed by atoms with E-state index in [1.807, 2.05) is 0 Å². The van der Waals surface area contributed by atoms with Crippen molar-refractivity contribution in [3.8, 4) is 0 Å². The molecule has 0 bridgehead atoms. The van der Waals surface area contributed by atoms with Crippen LogP contribution in [0.2, 0.25) is 0 Å². The fourth-order valence-corrected chi connectivity index (χ4v) is 2.74. The number of hydrogen-bond acceptors (Lipinski definition) is 9. The largest absolute Gasteiger partial charge is 0.481 e. The summed E-state index contributed by atoms with van der Waals surface area (Å²) < 4.78 is 0. The van der Waals surface area contributed by atoms with Crippen LogP contribution in [0.25, 0.3) is 0 Å². The highest BCUT2D eigenvalue weighted by Crippen LogP contribution is 2.04. The van der Waals surface area contributed by atoms with Gasteiger partial charge in [0.1, 0.15) is 18.1 Å². The molecule has 0 rings (SSSR count). The number of nitrogens with zero attached hydrogens (tertiary/aromatic N) is 1. The number of hydrogen-bond donors (Lipinski definition) is 10. The summed E-state index contributed by atoms with van der Waals surface area (Å²) >= 11 is 0. The van der Waals surface area contributed by atoms with Gasteiger partial charge in [-0.15, -0.1) is 0 Å². The van der Waals surface area contributed by atoms with Gasteiger partial charge < -0.3 is 54.2 Å². The number of amides is 4. The van der Waals surface area contributed by atoms with E-state index in [2.05, 4.69) is 20.9 Å². The lowest BCUT2D eigenvalue weighted by Crippen LogP contribution is -2.58. The molecule has 17 heteroatoms. The van der Waals surface area contributed by atoms with Crippen molar-refractivity contribution >= 4 is 41.5 Å². The molecule has 0 saturated heterocycles. The van der Waals surface area contributed by atoms with Crippen LogP contribution in [0.3, 0.4) is 0 Å². The van der Waals surface area contributed by atoms with Gasteiger partial charge in [-0.3, -0.25) is 29.0 Å². The number of aliphatic hydroxyl groups excluding tert-OH is 1. The highest BCUT2D eigenvalue weighted by molar-refractivity contribution is 5.94. The Morgan fingerprint density at radius 2 is 1.31 bits per heavy atom. The molecular weight excluding hydrogens is 484 g/mol. The molecule has 36 heavy (non-hydrogen) atoms. The van der Waals surface area contributed by atoms with Crippen LogP contribution in [0.15, 0.2) is 4.99 Å². The molecular formula is C19H34N8O9. The van der Waals surface area contributed by atoms with E-state index in [1.165, 1.54) is 0 Å². The first-order valence-corrected chi connectivity index (χ1v) is 10.8. The molecule has 4 unspecified atom stereocenters. The third-order valence-electron chi connectivity index (χ3n) is 4.69. The first kappa shape index (κ1) is 32.0. The summed E-state index contributed by atoms with van der Waals surface area (Å²) in [6, 6.07) is -5.65. The molecule has 0 spiro atoms. The number of nitrogens with one attached hydrogen (secondary N) is 3. The number of carboxylic acids is 2. The second-order valence-corrected chi connectivity index (χ2v) is 7.70. The molecule has 0 fully saturated rings. The van der Waals surface area contributed by atoms with Crippen molar-refractivity contribution in [3.63, 3.8) is 0 Å². The molecule has 4 amide bonds. The topological polar surface area (TPSA) is 316 Å². The third kappa shape index (κ3) is 13.7. The van der Waals surface area contributed by atoms with Crippen LogP contribution in [-0.4, -0.2) is 94.2 Å². The Balaban J connectivity index is 5.41. The van der Waals surface area contributed by atoms with Crippen LogP contribution in [0.5, 0.6) is 0 Å². The molecule has 0 aliphatic heterocycles. The monoisotopic (exact) mass is 518 g/mol. The number of rotatable bonds is 18. The quantitative estimate of drug-likeness (QED) is 0.0463. The van der Waals surface area contributed by atoms with E-state index in [0.717, 1.165) is 0 Å². The zero-order chi connectivity index (χ0) is 27.8. The van der Waals surface area contributed by atoms with Crippen LogP contribution < -0.4 is 38.9 Å². The summed E-state index contributed by atoms with van der Waals surface area (Å²) in [6.45, 7) is -0.808. The van der Waals surface area contributed by atoms with Crippen molar-refractivity contribution in [2.24, 2.45) is 27.9 Å². The van der Waals surface area contributed by atoms with Crippen LogP contribution >= 0.6 is 0 Å². The van der Waals surface area contributed by atoms with E-state index in [4.69, 9.17) is 28.0 Å². The van der Waals surface area contributed by atoms with Gasteiger partial charge in [-0.1, -0.05) is 0 Å². The number of primary amides is 1. The molecule has 4 atom stereocenters. The average Bonchev–Trinajstić information content (AvgIpc) is 2.79. The minimum absolute atomic E-state index is 0.0677. The smallest absolute Gasteiger partial charge is 0.326 e. The average molecular weight is 519 g/mol. The maximum atomic E-state index is 12.7. The van der Waals surface area contributed by atoms with Gasteiger partial charge in [0.2, 0.25) is 23.6 Å². The predicted molar refractivity (Wildman–Crippen MR) is 124 cm³/mol. The van der Waals surface area contributed by atoms with Crippen molar-refractivity contribution in [3.05, 3.63) is 0 Å². The summed E-state index contributed by atoms with van der Waals surface area (Å²) in [5.74, 6) is -6.46. The van der Waals surface area contributed by atoms with Crippen LogP contribution in [0.4, 0.5) is 0 Å². The highest BCUT2D eigenvalue weighted by Gasteiger charge is 2.30. The molecule has 17 nitrogen and oxygen atoms in total. The summed E-state index contributed by atoms with van der Waals surface area (Å²) in [6.07, 6.45) is -1.16. The van der Waals surface area contributed by atoms with E-state index in [1.54, 1.807) is 0 Å². The fraction of sp³-hybridized carbons (Fsp3) is 0.632. The second-order valence-electron chi connectivity index (χ2n) is 7.70. The van der Waals surface area contributed by atoms with E-state index < -0.39 is 79.2 Å². The Morgan fingerprint density at radius 1 is 0.750 bits per heavy atom. The van der Waals surface area contributed by atoms with Crippen molar-refractivity contribution in [1.29, 1.82) is 0 Å². The Kier molecular flexibility index (Phi) is 14.8. The number of aliphatic carboxylic acids is 2. The number of carboxylic acid groups (broad SMARTS) is 2. The van der Waals surface area contributed by atoms with Gasteiger partial charge in [-0.2, -0.15) is 0 Å². The van der Waals surface area contributed by atoms with Crippen LogP contribution in [-0.2, 0) is 28.8 Å². The van der Waals surface area contributed by atoms with Crippen molar-refractivity contribution in [2.75, 3.05) is 13.2 Å². The summed E-state index contributed by atoms with van der Waals surface area (Å²) in [7, 11) is 0. The maximum absolute atomic E-state index is 12.7. The third-order valence-corrected chi connectivity index (χ3v) is 4.69. The molecule has 204 valence electrons. The standard InChI is InChI=1S/C19H34N8O9/c20-9(3-5-13(21)29)15(32)27-12(8-28)17(34)25-10(2-1-7-24-19(22)23)16(33)26-11(18(35)36)4-6-14(30)31/h9-12,28H,1-8,20H2,(H2,21,29)(H,25,34)(H,26,33)(H,27,32)(H,30,31)(H,35,36)(H4,22,23,24). The Labute approximate surface area is 206 Å². The summed E-state index contributed by atoms with van der Waals surface area (Å²) in [4.78, 5) is 74.3. The van der Waals surface area contributed by atoms with Gasteiger partial charge in [0, 0.05) is 19.4 Å². The molecule has 0 aromatic heterocycles. The second kappa shape index (κ2) is 16.6. The number of guanidine groups is 1. The van der Waals surface area contributed by atoms with Gasteiger partial charge in [0.15, 0.2) is 5.96 Å². The highest BCUT2D eigenvalue weighted by atomic mass is 16.4. The molecule has 0 radical (unpaired) electrons. The number of aliphatic imine (C=N–C) groups is 1. The Morgan fingerprint density at radius 3 is 1.81 bits per heavy atom. The van der Waals surface area contributed by atoms with Gasteiger partial charge in [0.05, 0.1) is 12.6 Å². The van der Waals surface area contributed by atoms with Crippen molar-refractivity contribution in [1.82, 2.24) is 16.0 Å². The lowest BCUT2D eigenvalue weighted by atomic mass is 10.1. The van der Waals surface area contributed by atoms with Gasteiger partial charge >= 0.3 is 11.9 Å². The zero-order valence-electron chi connectivity index (χ0n) is 19.5. The summed E-state index contributed by atoms with van der Waals surface area (Å²) in [5.41, 5.74) is 21.1. The number of carbonyl (C=O) groups excluding carboxylic acids is 4. The van der Waals surface area contributed by atoms with Gasteiger partial charge in [-0.05, 0) is 25.7 Å². The fourth-order valence-electron chi connectivity index (χ4n) is 2.74. The van der Waals surface area contributed by atoms with Crippen molar-refractivity contribution < 1.29 is 44.1 Å². The molecule has 0 aliphatic carbocycles. The molecule has 0 aliphatic rings. The van der Waals surface area contributed by atoms with Crippen molar-refractivity contribution in [2.45, 2.75) is 62.7 Å². The first-order valence-electron chi connectivity index (χ1n) is 10.8. The Hall–Kier alpha value is -3.99. The van der Waals surface area contributed by atoms with Crippen LogP contribution in [0.1, 0.15) is 38.5 Å². The van der Waals surface area contributed by atoms with E-state index in [-0.39, 0.29) is 38.2 Å². The zero-order valence-corrected chi connectivity index (χ0v) is 19.5. The molecule has 0 aromatic rings. The normalized spacial score (nSPS) is 13.8. The lowest BCUT2D eigenvalue weighted by molar-refractivity contribution is -0.143. The van der Waals surface area contributed by atoms with E-state index >= 15 is 0 Å². The minimum atomic E-state index is -1.55. The lowest BCUT2D eigenvalue weighted by Gasteiger charge is -2.24. The maximum Gasteiger partial charge on any atom is 0.326 e. The first-order chi connectivity index (χ1) is 16.8. The number of carbonyl (C=O) groups is 6. The molecule has 0 saturated carbocycles. The predicted octanol–water partition coefficient (Wildman–Crippen LogP) is -4.97.